The molecule has 0 bridgehead atoms. The second-order valence-corrected chi connectivity index (χ2v) is 5.48. The van der Waals surface area contributed by atoms with E-state index in [9.17, 15) is 8.42 Å². The predicted octanol–water partition coefficient (Wildman–Crippen LogP) is 1.63. The molecule has 0 aromatic rings. The third-order valence-electron chi connectivity index (χ3n) is 2.73. The Balaban J connectivity index is 0.000000336. The summed E-state index contributed by atoms with van der Waals surface area (Å²) in [5.74, 6) is 1.03. The van der Waals surface area contributed by atoms with Crippen molar-refractivity contribution >= 4 is 10.1 Å². The van der Waals surface area contributed by atoms with Gasteiger partial charge in [0.2, 0.25) is 0 Å². The SMILES string of the molecule is CCC1CCN(CC)CC1.CS(=O)(=O)O. The number of hydrogen-bond acceptors (Lipinski definition) is 3. The molecule has 5 heteroatoms. The van der Waals surface area contributed by atoms with Crippen molar-refractivity contribution in [1.82, 2.24) is 4.90 Å². The van der Waals surface area contributed by atoms with Crippen molar-refractivity contribution in [3.05, 3.63) is 0 Å². The number of piperidine rings is 1. The molecular weight excluding hydrogens is 214 g/mol. The Morgan fingerprint density at radius 3 is 1.93 bits per heavy atom. The summed E-state index contributed by atoms with van der Waals surface area (Å²) in [7, 11) is -3.67. The summed E-state index contributed by atoms with van der Waals surface area (Å²) in [5, 5.41) is 0. The Bertz CT molecular complexity index is 223. The number of rotatable bonds is 2. The van der Waals surface area contributed by atoms with Crippen LogP contribution in [-0.2, 0) is 10.1 Å². The Kier molecular flexibility index (Phi) is 7.13. The third-order valence-corrected chi connectivity index (χ3v) is 2.73. The van der Waals surface area contributed by atoms with Gasteiger partial charge in [-0.1, -0.05) is 20.3 Å². The van der Waals surface area contributed by atoms with Crippen molar-refractivity contribution in [1.29, 1.82) is 0 Å². The van der Waals surface area contributed by atoms with Gasteiger partial charge in [0.05, 0.1) is 6.26 Å². The fraction of sp³-hybridized carbons (Fsp3) is 1.00. The molecule has 15 heavy (non-hydrogen) atoms. The van der Waals surface area contributed by atoms with E-state index in [1.54, 1.807) is 0 Å². The molecule has 92 valence electrons. The lowest BCUT2D eigenvalue weighted by molar-refractivity contribution is 0.190. The molecule has 0 saturated carbocycles. The van der Waals surface area contributed by atoms with Crippen molar-refractivity contribution in [2.45, 2.75) is 33.1 Å². The lowest BCUT2D eigenvalue weighted by Gasteiger charge is -2.30. The van der Waals surface area contributed by atoms with Crippen molar-refractivity contribution < 1.29 is 13.0 Å². The highest BCUT2D eigenvalue weighted by molar-refractivity contribution is 7.85. The molecule has 1 aliphatic heterocycles. The molecule has 0 aromatic carbocycles. The highest BCUT2D eigenvalue weighted by atomic mass is 32.2. The average molecular weight is 237 g/mol. The molecule has 0 aliphatic carbocycles. The first-order valence-electron chi connectivity index (χ1n) is 5.51. The van der Waals surface area contributed by atoms with Crippen LogP contribution in [0.25, 0.3) is 0 Å². The molecule has 0 aromatic heterocycles. The Morgan fingerprint density at radius 1 is 1.27 bits per heavy atom. The van der Waals surface area contributed by atoms with Crippen LogP contribution in [0, 0.1) is 5.92 Å². The van der Waals surface area contributed by atoms with Gasteiger partial charge in [-0.3, -0.25) is 4.55 Å². The maximum Gasteiger partial charge on any atom is 0.261 e. The lowest BCUT2D eigenvalue weighted by Crippen LogP contribution is -2.33. The molecule has 1 saturated heterocycles. The van der Waals surface area contributed by atoms with E-state index in [4.69, 9.17) is 4.55 Å². The predicted molar refractivity (Wildman–Crippen MR) is 62.6 cm³/mol. The Hall–Kier alpha value is -0.130. The summed E-state index contributed by atoms with van der Waals surface area (Å²) in [6.07, 6.45) is 4.97. The van der Waals surface area contributed by atoms with Gasteiger partial charge in [0.25, 0.3) is 10.1 Å². The van der Waals surface area contributed by atoms with E-state index in [0.29, 0.717) is 6.26 Å². The van der Waals surface area contributed by atoms with Crippen molar-refractivity contribution in [2.24, 2.45) is 5.92 Å². The number of nitrogens with zero attached hydrogens (tertiary/aromatic N) is 1. The van der Waals surface area contributed by atoms with Crippen LogP contribution in [0.4, 0.5) is 0 Å². The summed E-state index contributed by atoms with van der Waals surface area (Å²) in [5.41, 5.74) is 0. The van der Waals surface area contributed by atoms with Gasteiger partial charge < -0.3 is 4.90 Å². The molecule has 1 heterocycles. The zero-order chi connectivity index (χ0) is 11.9. The monoisotopic (exact) mass is 237 g/mol. The van der Waals surface area contributed by atoms with E-state index in [0.717, 1.165) is 5.92 Å². The first-order chi connectivity index (χ1) is 6.86. The lowest BCUT2D eigenvalue weighted by atomic mass is 9.95. The zero-order valence-corrected chi connectivity index (χ0v) is 10.8. The highest BCUT2D eigenvalue weighted by Gasteiger charge is 2.15. The Labute approximate surface area is 93.4 Å². The molecule has 0 amide bonds. The number of hydrogen-bond donors (Lipinski definition) is 1. The quantitative estimate of drug-likeness (QED) is 0.742. The van der Waals surface area contributed by atoms with Crippen LogP contribution < -0.4 is 0 Å². The van der Waals surface area contributed by atoms with E-state index in [-0.39, 0.29) is 0 Å². The summed E-state index contributed by atoms with van der Waals surface area (Å²) in [6, 6.07) is 0. The van der Waals surface area contributed by atoms with Gasteiger partial charge in [0.1, 0.15) is 0 Å². The summed E-state index contributed by atoms with van der Waals surface area (Å²) in [4.78, 5) is 2.55. The topological polar surface area (TPSA) is 57.6 Å². The van der Waals surface area contributed by atoms with E-state index >= 15 is 0 Å². The summed E-state index contributed by atoms with van der Waals surface area (Å²) in [6.45, 7) is 8.50. The maximum atomic E-state index is 9.19. The van der Waals surface area contributed by atoms with Crippen LogP contribution in [0.2, 0.25) is 0 Å². The van der Waals surface area contributed by atoms with Crippen LogP contribution >= 0.6 is 0 Å². The van der Waals surface area contributed by atoms with Crippen LogP contribution in [0.1, 0.15) is 33.1 Å². The minimum atomic E-state index is -3.67. The first-order valence-corrected chi connectivity index (χ1v) is 7.36. The Morgan fingerprint density at radius 2 is 1.67 bits per heavy atom. The molecule has 1 aliphatic rings. The third kappa shape index (κ3) is 10.2. The largest absolute Gasteiger partial charge is 0.304 e. The van der Waals surface area contributed by atoms with E-state index in [2.05, 4.69) is 18.7 Å². The molecule has 1 rings (SSSR count). The van der Waals surface area contributed by atoms with Gasteiger partial charge in [-0.15, -0.1) is 0 Å². The standard InChI is InChI=1S/C9H19N.CH4O3S/c1-3-9-5-7-10(4-2)8-6-9;1-5(2,3)4/h9H,3-8H2,1-2H3;1H3,(H,2,3,4). The van der Waals surface area contributed by atoms with Gasteiger partial charge in [-0.05, 0) is 38.4 Å². The summed E-state index contributed by atoms with van der Waals surface area (Å²) < 4.78 is 25.9. The molecule has 1 N–H and O–H groups in total. The first kappa shape index (κ1) is 14.9. The second kappa shape index (κ2) is 7.19. The smallest absolute Gasteiger partial charge is 0.261 e. The van der Waals surface area contributed by atoms with E-state index in [1.165, 1.54) is 38.9 Å². The van der Waals surface area contributed by atoms with Crippen molar-refractivity contribution in [3.63, 3.8) is 0 Å². The molecule has 0 spiro atoms. The second-order valence-electron chi connectivity index (χ2n) is 4.02. The van der Waals surface area contributed by atoms with Crippen LogP contribution in [0.3, 0.4) is 0 Å². The van der Waals surface area contributed by atoms with Gasteiger partial charge in [-0.25, -0.2) is 0 Å². The van der Waals surface area contributed by atoms with Crippen LogP contribution in [-0.4, -0.2) is 43.8 Å². The van der Waals surface area contributed by atoms with Gasteiger partial charge in [0.15, 0.2) is 0 Å². The zero-order valence-electron chi connectivity index (χ0n) is 9.94. The molecule has 0 atom stereocenters. The van der Waals surface area contributed by atoms with Crippen LogP contribution in [0.15, 0.2) is 0 Å². The fourth-order valence-corrected chi connectivity index (χ4v) is 1.71. The molecule has 4 nitrogen and oxygen atoms in total. The fourth-order valence-electron chi connectivity index (χ4n) is 1.71. The van der Waals surface area contributed by atoms with Crippen molar-refractivity contribution in [2.75, 3.05) is 25.9 Å². The number of likely N-dealkylation sites (tertiary alicyclic amines) is 1. The van der Waals surface area contributed by atoms with Gasteiger partial charge in [0, 0.05) is 0 Å². The summed E-state index contributed by atoms with van der Waals surface area (Å²) >= 11 is 0. The normalized spacial score (nSPS) is 19.5. The minimum Gasteiger partial charge on any atom is -0.304 e. The van der Waals surface area contributed by atoms with E-state index in [1.807, 2.05) is 0 Å². The highest BCUT2D eigenvalue weighted by Crippen LogP contribution is 2.19. The minimum absolute atomic E-state index is 0.715. The molecule has 1 fully saturated rings. The van der Waals surface area contributed by atoms with Gasteiger partial charge in [-0.2, -0.15) is 8.42 Å². The van der Waals surface area contributed by atoms with E-state index < -0.39 is 10.1 Å². The van der Waals surface area contributed by atoms with Crippen molar-refractivity contribution in [3.8, 4) is 0 Å². The maximum absolute atomic E-state index is 9.19. The molecule has 0 radical (unpaired) electrons. The van der Waals surface area contributed by atoms with Crippen LogP contribution in [0.5, 0.6) is 0 Å². The average Bonchev–Trinajstić information content (AvgIpc) is 2.15. The molecular formula is C10H23NO3S. The molecule has 0 unspecified atom stereocenters. The van der Waals surface area contributed by atoms with Gasteiger partial charge >= 0.3 is 0 Å².